The summed E-state index contributed by atoms with van der Waals surface area (Å²) in [5.74, 6) is 2.95. The fourth-order valence-corrected chi connectivity index (χ4v) is 6.33. The van der Waals surface area contributed by atoms with Crippen molar-refractivity contribution < 1.29 is 9.53 Å². The maximum atomic E-state index is 13.0. The van der Waals surface area contributed by atoms with Crippen LogP contribution < -0.4 is 20.7 Å². The van der Waals surface area contributed by atoms with Crippen LogP contribution in [0.3, 0.4) is 0 Å². The van der Waals surface area contributed by atoms with E-state index in [-0.39, 0.29) is 11.9 Å². The molecule has 4 aromatic rings. The zero-order chi connectivity index (χ0) is 28.9. The zero-order valence-corrected chi connectivity index (χ0v) is 24.5. The zero-order valence-electron chi connectivity index (χ0n) is 24.5. The number of amides is 1. The molecule has 0 unspecified atom stereocenters. The predicted octanol–water partition coefficient (Wildman–Crippen LogP) is 7.11. The first-order valence-electron chi connectivity index (χ1n) is 15.3. The Balaban J connectivity index is 1.25. The van der Waals surface area contributed by atoms with E-state index in [1.807, 2.05) is 49.4 Å². The van der Waals surface area contributed by atoms with Crippen LogP contribution in [0.25, 0.3) is 22.0 Å². The van der Waals surface area contributed by atoms with Gasteiger partial charge in [-0.25, -0.2) is 15.0 Å². The fourth-order valence-electron chi connectivity index (χ4n) is 6.33. The minimum absolute atomic E-state index is 0.0797. The molecular weight excluding hydrogens is 524 g/mol. The monoisotopic (exact) mass is 564 g/mol. The Kier molecular flexibility index (Phi) is 8.60. The average molecular weight is 565 g/mol. The largest absolute Gasteiger partial charge is 0.437 e. The lowest BCUT2D eigenvalue weighted by Gasteiger charge is -2.28. The molecule has 1 aliphatic heterocycles. The molecule has 2 aromatic carbocycles. The van der Waals surface area contributed by atoms with Crippen LogP contribution in [0.5, 0.6) is 11.6 Å². The fraction of sp³-hybridized carbons (Fsp3) is 0.412. The number of nitrogens with one attached hydrogen (secondary N) is 3. The molecule has 0 radical (unpaired) electrons. The number of pyridine rings is 1. The Morgan fingerprint density at radius 3 is 2.71 bits per heavy atom. The number of rotatable bonds is 8. The molecule has 1 aliphatic carbocycles. The van der Waals surface area contributed by atoms with E-state index in [2.05, 4.69) is 38.9 Å². The summed E-state index contributed by atoms with van der Waals surface area (Å²) in [6.45, 7) is 6.21. The van der Waals surface area contributed by atoms with Gasteiger partial charge < -0.3 is 20.7 Å². The quantitative estimate of drug-likeness (QED) is 0.210. The van der Waals surface area contributed by atoms with Gasteiger partial charge in [-0.15, -0.1) is 0 Å². The average Bonchev–Trinajstić information content (AvgIpc) is 2.99. The van der Waals surface area contributed by atoms with E-state index >= 15 is 0 Å². The van der Waals surface area contributed by atoms with Crippen LogP contribution in [0.15, 0.2) is 60.9 Å². The molecule has 3 N–H and O–H groups in total. The van der Waals surface area contributed by atoms with Crippen LogP contribution in [0.1, 0.15) is 57.4 Å². The third-order valence-corrected chi connectivity index (χ3v) is 8.49. The van der Waals surface area contributed by atoms with Crippen LogP contribution in [-0.4, -0.2) is 40.0 Å². The van der Waals surface area contributed by atoms with Gasteiger partial charge in [-0.05, 0) is 74.4 Å². The van der Waals surface area contributed by atoms with Gasteiger partial charge in [0.15, 0.2) is 0 Å². The molecule has 3 heterocycles. The van der Waals surface area contributed by atoms with E-state index in [1.54, 1.807) is 12.4 Å². The number of piperidine rings is 1. The van der Waals surface area contributed by atoms with Gasteiger partial charge in [0.1, 0.15) is 5.75 Å². The number of fused-ring (bicyclic) bond motifs is 1. The van der Waals surface area contributed by atoms with Gasteiger partial charge in [0.2, 0.25) is 17.7 Å². The molecule has 1 saturated carbocycles. The molecule has 8 heteroatoms. The van der Waals surface area contributed by atoms with Gasteiger partial charge in [0.25, 0.3) is 0 Å². The minimum Gasteiger partial charge on any atom is -0.437 e. The highest BCUT2D eigenvalue weighted by molar-refractivity contribution is 6.04. The Labute approximate surface area is 247 Å². The van der Waals surface area contributed by atoms with Crippen molar-refractivity contribution in [3.05, 3.63) is 66.5 Å². The van der Waals surface area contributed by atoms with Gasteiger partial charge >= 0.3 is 0 Å². The van der Waals surface area contributed by atoms with Crippen LogP contribution >= 0.6 is 0 Å². The number of hydrogen-bond donors (Lipinski definition) is 3. The normalized spacial score (nSPS) is 19.4. The van der Waals surface area contributed by atoms with Crippen LogP contribution in [0.4, 0.5) is 11.6 Å². The first-order chi connectivity index (χ1) is 20.5. The molecule has 42 heavy (non-hydrogen) atoms. The second-order valence-electron chi connectivity index (χ2n) is 11.9. The summed E-state index contributed by atoms with van der Waals surface area (Å²) in [7, 11) is 0. The summed E-state index contributed by atoms with van der Waals surface area (Å²) < 4.78 is 6.58. The molecule has 0 spiro atoms. The second-order valence-corrected chi connectivity index (χ2v) is 11.9. The van der Waals surface area contributed by atoms with Crippen molar-refractivity contribution in [2.24, 2.45) is 11.8 Å². The summed E-state index contributed by atoms with van der Waals surface area (Å²) >= 11 is 0. The van der Waals surface area contributed by atoms with Gasteiger partial charge in [-0.3, -0.25) is 4.79 Å². The highest BCUT2D eigenvalue weighted by atomic mass is 16.5. The second kappa shape index (κ2) is 12.9. The van der Waals surface area contributed by atoms with Crippen molar-refractivity contribution in [3.63, 3.8) is 0 Å². The van der Waals surface area contributed by atoms with Crippen molar-refractivity contribution >= 4 is 28.3 Å². The number of carbonyl (C=O) groups excluding carboxylic acids is 1. The first kappa shape index (κ1) is 28.1. The highest BCUT2D eigenvalue weighted by Gasteiger charge is 2.21. The van der Waals surface area contributed by atoms with Crippen LogP contribution in [-0.2, 0) is 4.79 Å². The summed E-state index contributed by atoms with van der Waals surface area (Å²) in [5.41, 5.74) is 3.30. The Morgan fingerprint density at radius 2 is 1.86 bits per heavy atom. The Morgan fingerprint density at radius 1 is 0.976 bits per heavy atom. The smallest absolute Gasteiger partial charge is 0.228 e. The van der Waals surface area contributed by atoms with E-state index in [9.17, 15) is 4.79 Å². The molecule has 218 valence electrons. The highest BCUT2D eigenvalue weighted by Crippen LogP contribution is 2.39. The molecule has 2 aromatic heterocycles. The van der Waals surface area contributed by atoms with Gasteiger partial charge in [-0.1, -0.05) is 50.5 Å². The van der Waals surface area contributed by atoms with Gasteiger partial charge in [0, 0.05) is 47.9 Å². The summed E-state index contributed by atoms with van der Waals surface area (Å²) in [6, 6.07) is 16.1. The maximum Gasteiger partial charge on any atom is 0.228 e. The Hall–Kier alpha value is -4.04. The van der Waals surface area contributed by atoms with Crippen molar-refractivity contribution in [1.82, 2.24) is 20.3 Å². The van der Waals surface area contributed by atoms with E-state index in [4.69, 9.17) is 9.72 Å². The van der Waals surface area contributed by atoms with Crippen molar-refractivity contribution in [2.45, 2.75) is 64.8 Å². The van der Waals surface area contributed by atoms with E-state index in [0.29, 0.717) is 35.8 Å². The van der Waals surface area contributed by atoms with E-state index in [1.165, 1.54) is 19.3 Å². The molecular formula is C34H40N6O2. The molecule has 1 saturated heterocycles. The minimum atomic E-state index is 0.0797. The lowest BCUT2D eigenvalue weighted by atomic mass is 9.87. The number of aryl methyl sites for hydroxylation is 1. The summed E-state index contributed by atoms with van der Waals surface area (Å²) in [6.07, 6.45) is 11.2. The van der Waals surface area contributed by atoms with Crippen LogP contribution in [0.2, 0.25) is 0 Å². The summed E-state index contributed by atoms with van der Waals surface area (Å²) in [4.78, 5) is 26.9. The van der Waals surface area contributed by atoms with Gasteiger partial charge in [0.05, 0.1) is 11.3 Å². The number of ether oxygens (including phenoxy) is 1. The molecule has 2 atom stereocenters. The van der Waals surface area contributed by atoms with Gasteiger partial charge in [-0.2, -0.15) is 0 Å². The van der Waals surface area contributed by atoms with E-state index < -0.39 is 0 Å². The lowest BCUT2D eigenvalue weighted by Crippen LogP contribution is -2.42. The number of anilines is 2. The first-order valence-corrected chi connectivity index (χ1v) is 15.3. The summed E-state index contributed by atoms with van der Waals surface area (Å²) in [5, 5.41) is 12.0. The van der Waals surface area contributed by atoms with Crippen molar-refractivity contribution in [3.8, 4) is 22.9 Å². The molecule has 2 aliphatic rings. The molecule has 1 amide bonds. The number of hydrogen-bond acceptors (Lipinski definition) is 7. The topological polar surface area (TPSA) is 101 Å². The maximum absolute atomic E-state index is 13.0. The number of carbonyl (C=O) groups is 1. The number of aromatic nitrogens is 3. The lowest BCUT2D eigenvalue weighted by molar-refractivity contribution is -0.117. The predicted molar refractivity (Wildman–Crippen MR) is 168 cm³/mol. The molecule has 0 bridgehead atoms. The number of benzene rings is 2. The molecule has 6 rings (SSSR count). The third kappa shape index (κ3) is 6.54. The third-order valence-electron chi connectivity index (χ3n) is 8.49. The van der Waals surface area contributed by atoms with E-state index in [0.717, 1.165) is 65.6 Å². The van der Waals surface area contributed by atoms with Crippen molar-refractivity contribution in [2.75, 3.05) is 23.7 Å². The molecule has 2 fully saturated rings. The van der Waals surface area contributed by atoms with Crippen molar-refractivity contribution in [1.29, 1.82) is 0 Å². The van der Waals surface area contributed by atoms with Crippen LogP contribution in [0, 0.1) is 18.8 Å². The molecule has 8 nitrogen and oxygen atoms in total. The SMILES string of the molecule is Cc1ccc2c(NC(=O)CC3CCCCC3)cccc2c1Oc1ncccc1-c1ccnc(N[C@@H]2CNC[C@H](C)C2)n1. The Bertz CT molecular complexity index is 1550. The standard InChI is InChI=1S/C34H40N6O2/c1-22-18-25(21-35-20-22)38-34-37-17-15-30(40-34)28-11-7-16-36-33(28)42-32-23(2)13-14-26-27(32)10-6-12-29(26)39-31(41)19-24-8-4-3-5-9-24/h6-7,10-17,22,24-25,35H,3-5,8-9,18-21H2,1-2H3,(H,39,41)(H,37,38,40)/t22-,25+/m1/s1. The number of nitrogens with zero attached hydrogens (tertiary/aromatic N) is 3.